The van der Waals surface area contributed by atoms with E-state index in [1.165, 1.54) is 5.56 Å². The number of carbonyl (C=O) groups is 1. The number of amides is 1. The van der Waals surface area contributed by atoms with Gasteiger partial charge in [-0.25, -0.2) is 0 Å². The first-order valence-electron chi connectivity index (χ1n) is 7.65. The molecule has 0 saturated heterocycles. The molecule has 3 rings (SSSR count). The standard InChI is InChI=1S/C19H18N2O2/c1-21(16-7-4-5-14(11-16)13-20)19(22)12-18-17-8-3-2-6-15(17)9-10-23-18/h2-8,11,18H,9-10,12H2,1H3. The van der Waals surface area contributed by atoms with Crippen LogP contribution in [0.15, 0.2) is 48.5 Å². The Hall–Kier alpha value is -2.64. The zero-order chi connectivity index (χ0) is 16.2. The van der Waals surface area contributed by atoms with E-state index in [-0.39, 0.29) is 12.0 Å². The van der Waals surface area contributed by atoms with Gasteiger partial charge in [0.05, 0.1) is 30.8 Å². The van der Waals surface area contributed by atoms with Crippen LogP contribution in [0.1, 0.15) is 29.2 Å². The number of rotatable bonds is 3. The van der Waals surface area contributed by atoms with Gasteiger partial charge < -0.3 is 9.64 Å². The van der Waals surface area contributed by atoms with Crippen LogP contribution < -0.4 is 4.90 Å². The van der Waals surface area contributed by atoms with Crippen LogP contribution in [0.5, 0.6) is 0 Å². The zero-order valence-electron chi connectivity index (χ0n) is 13.0. The first-order chi connectivity index (χ1) is 11.2. The van der Waals surface area contributed by atoms with Crippen molar-refractivity contribution in [3.05, 3.63) is 65.2 Å². The molecule has 1 heterocycles. The van der Waals surface area contributed by atoms with Crippen LogP contribution in [0.3, 0.4) is 0 Å². The number of ether oxygens (including phenoxy) is 1. The smallest absolute Gasteiger partial charge is 0.229 e. The van der Waals surface area contributed by atoms with Gasteiger partial charge in [-0.3, -0.25) is 4.79 Å². The van der Waals surface area contributed by atoms with Gasteiger partial charge in [0, 0.05) is 12.7 Å². The highest BCUT2D eigenvalue weighted by atomic mass is 16.5. The number of hydrogen-bond donors (Lipinski definition) is 0. The second-order valence-electron chi connectivity index (χ2n) is 5.63. The predicted molar refractivity (Wildman–Crippen MR) is 88.0 cm³/mol. The highest BCUT2D eigenvalue weighted by Crippen LogP contribution is 2.30. The lowest BCUT2D eigenvalue weighted by Gasteiger charge is -2.27. The summed E-state index contributed by atoms with van der Waals surface area (Å²) in [7, 11) is 1.73. The Labute approximate surface area is 135 Å². The molecule has 23 heavy (non-hydrogen) atoms. The highest BCUT2D eigenvalue weighted by molar-refractivity contribution is 5.93. The maximum Gasteiger partial charge on any atom is 0.229 e. The molecule has 1 atom stereocenters. The maximum atomic E-state index is 12.6. The molecule has 0 N–H and O–H groups in total. The van der Waals surface area contributed by atoms with Crippen molar-refractivity contribution in [1.82, 2.24) is 0 Å². The van der Waals surface area contributed by atoms with Crippen molar-refractivity contribution in [2.24, 2.45) is 0 Å². The Kier molecular flexibility index (Phi) is 4.40. The number of fused-ring (bicyclic) bond motifs is 1. The fourth-order valence-electron chi connectivity index (χ4n) is 2.87. The molecular formula is C19H18N2O2. The van der Waals surface area contributed by atoms with Crippen LogP contribution in [-0.2, 0) is 16.0 Å². The van der Waals surface area contributed by atoms with Crippen molar-refractivity contribution in [2.45, 2.75) is 18.9 Å². The summed E-state index contributed by atoms with van der Waals surface area (Å²) in [5, 5.41) is 8.98. The molecule has 2 aromatic carbocycles. The van der Waals surface area contributed by atoms with E-state index in [1.54, 1.807) is 30.1 Å². The summed E-state index contributed by atoms with van der Waals surface area (Å²) in [6.45, 7) is 0.641. The number of benzene rings is 2. The second-order valence-corrected chi connectivity index (χ2v) is 5.63. The Morgan fingerprint density at radius 2 is 2.13 bits per heavy atom. The Bertz CT molecular complexity index is 764. The Balaban J connectivity index is 1.76. The van der Waals surface area contributed by atoms with Crippen molar-refractivity contribution in [1.29, 1.82) is 5.26 Å². The van der Waals surface area contributed by atoms with Crippen molar-refractivity contribution in [3.8, 4) is 6.07 Å². The van der Waals surface area contributed by atoms with E-state index >= 15 is 0 Å². The Morgan fingerprint density at radius 3 is 2.96 bits per heavy atom. The topological polar surface area (TPSA) is 53.3 Å². The fraction of sp³-hybridized carbons (Fsp3) is 0.263. The summed E-state index contributed by atoms with van der Waals surface area (Å²) in [6, 6.07) is 17.3. The molecule has 0 bridgehead atoms. The normalized spacial score (nSPS) is 16.3. The first-order valence-corrected chi connectivity index (χ1v) is 7.65. The third-order valence-electron chi connectivity index (χ3n) is 4.19. The number of nitriles is 1. The van der Waals surface area contributed by atoms with E-state index in [2.05, 4.69) is 12.1 Å². The summed E-state index contributed by atoms with van der Waals surface area (Å²) >= 11 is 0. The van der Waals surface area contributed by atoms with E-state index in [0.29, 0.717) is 18.6 Å². The van der Waals surface area contributed by atoms with Crippen molar-refractivity contribution in [2.75, 3.05) is 18.6 Å². The van der Waals surface area contributed by atoms with Crippen molar-refractivity contribution in [3.63, 3.8) is 0 Å². The van der Waals surface area contributed by atoms with Crippen LogP contribution >= 0.6 is 0 Å². The molecule has 0 saturated carbocycles. The first kappa shape index (κ1) is 15.3. The van der Waals surface area contributed by atoms with Crippen LogP contribution in [0.25, 0.3) is 0 Å². The lowest BCUT2D eigenvalue weighted by Crippen LogP contribution is -2.29. The van der Waals surface area contributed by atoms with Crippen molar-refractivity contribution >= 4 is 11.6 Å². The van der Waals surface area contributed by atoms with Crippen LogP contribution in [0, 0.1) is 11.3 Å². The minimum Gasteiger partial charge on any atom is -0.373 e. The number of nitrogens with zero attached hydrogens (tertiary/aromatic N) is 2. The average Bonchev–Trinajstić information content (AvgIpc) is 2.61. The molecule has 4 nitrogen and oxygen atoms in total. The van der Waals surface area contributed by atoms with Gasteiger partial charge in [-0.1, -0.05) is 30.3 Å². The van der Waals surface area contributed by atoms with Crippen molar-refractivity contribution < 1.29 is 9.53 Å². The van der Waals surface area contributed by atoms with Crippen LogP contribution in [-0.4, -0.2) is 19.6 Å². The summed E-state index contributed by atoms with van der Waals surface area (Å²) in [4.78, 5) is 14.2. The van der Waals surface area contributed by atoms with Gasteiger partial charge in [0.1, 0.15) is 0 Å². The molecule has 1 aliphatic rings. The fourth-order valence-corrected chi connectivity index (χ4v) is 2.87. The van der Waals surface area contributed by atoms with Gasteiger partial charge in [-0.2, -0.15) is 5.26 Å². The molecule has 1 aliphatic heterocycles. The summed E-state index contributed by atoms with van der Waals surface area (Å²) in [5.41, 5.74) is 3.62. The lowest BCUT2D eigenvalue weighted by molar-refractivity contribution is -0.121. The van der Waals surface area contributed by atoms with Crippen LogP contribution in [0.4, 0.5) is 5.69 Å². The van der Waals surface area contributed by atoms with E-state index in [4.69, 9.17) is 10.00 Å². The third-order valence-corrected chi connectivity index (χ3v) is 4.19. The number of hydrogen-bond acceptors (Lipinski definition) is 3. The van der Waals surface area contributed by atoms with Crippen LogP contribution in [0.2, 0.25) is 0 Å². The number of anilines is 1. The zero-order valence-corrected chi connectivity index (χ0v) is 13.0. The summed E-state index contributed by atoms with van der Waals surface area (Å²) in [5.74, 6) is -0.0261. The molecule has 0 aliphatic carbocycles. The van der Waals surface area contributed by atoms with E-state index in [1.807, 2.05) is 24.3 Å². The molecular weight excluding hydrogens is 288 g/mol. The molecule has 116 valence electrons. The second kappa shape index (κ2) is 6.64. The molecule has 0 fully saturated rings. The lowest BCUT2D eigenvalue weighted by atomic mass is 9.95. The molecule has 1 unspecified atom stereocenters. The average molecular weight is 306 g/mol. The van der Waals surface area contributed by atoms with Gasteiger partial charge in [0.2, 0.25) is 5.91 Å². The molecule has 0 aromatic heterocycles. The van der Waals surface area contributed by atoms with Gasteiger partial charge >= 0.3 is 0 Å². The maximum absolute atomic E-state index is 12.6. The highest BCUT2D eigenvalue weighted by Gasteiger charge is 2.25. The van der Waals surface area contributed by atoms with Gasteiger partial charge in [-0.05, 0) is 35.7 Å². The molecule has 4 heteroatoms. The predicted octanol–water partition coefficient (Wildman–Crippen LogP) is 3.23. The van der Waals surface area contributed by atoms with Gasteiger partial charge in [0.15, 0.2) is 0 Å². The quantitative estimate of drug-likeness (QED) is 0.875. The Morgan fingerprint density at radius 1 is 1.30 bits per heavy atom. The SMILES string of the molecule is CN(C(=O)CC1OCCc2ccccc21)c1cccc(C#N)c1. The molecule has 2 aromatic rings. The number of carbonyl (C=O) groups excluding carboxylic acids is 1. The van der Waals surface area contributed by atoms with Gasteiger partial charge in [0.25, 0.3) is 0 Å². The van der Waals surface area contributed by atoms with E-state index in [9.17, 15) is 4.79 Å². The molecule has 1 amide bonds. The van der Waals surface area contributed by atoms with E-state index < -0.39 is 0 Å². The minimum absolute atomic E-state index is 0.0261. The van der Waals surface area contributed by atoms with E-state index in [0.717, 1.165) is 17.7 Å². The van der Waals surface area contributed by atoms with Gasteiger partial charge in [-0.15, -0.1) is 0 Å². The molecule has 0 radical (unpaired) electrons. The molecule has 0 spiro atoms. The summed E-state index contributed by atoms with van der Waals surface area (Å²) < 4.78 is 5.81. The monoisotopic (exact) mass is 306 g/mol. The largest absolute Gasteiger partial charge is 0.373 e. The third kappa shape index (κ3) is 3.25. The summed E-state index contributed by atoms with van der Waals surface area (Å²) in [6.07, 6.45) is 0.986. The minimum atomic E-state index is -0.200.